The number of amides is 1. The molecule has 2 aromatic carbocycles. The predicted octanol–water partition coefficient (Wildman–Crippen LogP) is 2.57. The summed E-state index contributed by atoms with van der Waals surface area (Å²) in [6.45, 7) is 0.448. The van der Waals surface area contributed by atoms with E-state index in [1.165, 1.54) is 0 Å². The van der Waals surface area contributed by atoms with E-state index in [1.54, 1.807) is 19.4 Å². The van der Waals surface area contributed by atoms with Crippen molar-refractivity contribution >= 4 is 16.8 Å². The highest BCUT2D eigenvalue weighted by Crippen LogP contribution is 2.18. The van der Waals surface area contributed by atoms with Crippen molar-refractivity contribution < 1.29 is 9.53 Å². The van der Waals surface area contributed by atoms with Gasteiger partial charge in [-0.3, -0.25) is 4.79 Å². The Labute approximate surface area is 128 Å². The van der Waals surface area contributed by atoms with Crippen LogP contribution in [0.2, 0.25) is 0 Å². The van der Waals surface area contributed by atoms with Gasteiger partial charge in [0.2, 0.25) is 5.82 Å². The monoisotopic (exact) mass is 293 g/mol. The molecule has 1 heterocycles. The lowest BCUT2D eigenvalue weighted by atomic mass is 10.2. The molecule has 0 radical (unpaired) electrons. The number of methoxy groups -OCH3 is 1. The van der Waals surface area contributed by atoms with E-state index in [0.717, 1.165) is 16.7 Å². The second-order valence-corrected chi connectivity index (χ2v) is 4.79. The van der Waals surface area contributed by atoms with Crippen molar-refractivity contribution in [2.24, 2.45) is 0 Å². The highest BCUT2D eigenvalue weighted by atomic mass is 16.5. The lowest BCUT2D eigenvalue weighted by Crippen LogP contribution is -2.24. The average molecular weight is 293 g/mol. The molecule has 1 N–H and O–H groups in total. The van der Waals surface area contributed by atoms with Crippen LogP contribution in [0.4, 0.5) is 0 Å². The number of nitrogens with zero attached hydrogens (tertiary/aromatic N) is 2. The van der Waals surface area contributed by atoms with E-state index in [1.807, 2.05) is 42.5 Å². The highest BCUT2D eigenvalue weighted by Gasteiger charge is 2.10. The lowest BCUT2D eigenvalue weighted by Gasteiger charge is -2.06. The van der Waals surface area contributed by atoms with Gasteiger partial charge in [-0.2, -0.15) is 0 Å². The van der Waals surface area contributed by atoms with Gasteiger partial charge in [0.05, 0.1) is 12.6 Å². The van der Waals surface area contributed by atoms with Crippen LogP contribution in [0.3, 0.4) is 0 Å². The molecule has 5 nitrogen and oxygen atoms in total. The second kappa shape index (κ2) is 6.22. The number of carbonyl (C=O) groups is 1. The van der Waals surface area contributed by atoms with Crippen molar-refractivity contribution in [3.63, 3.8) is 0 Å². The Bertz CT molecular complexity index is 803. The summed E-state index contributed by atoms with van der Waals surface area (Å²) in [6.07, 6.45) is 1.63. The fourth-order valence-corrected chi connectivity index (χ4v) is 2.11. The summed E-state index contributed by atoms with van der Waals surface area (Å²) in [5.74, 6) is 0.604. The zero-order valence-corrected chi connectivity index (χ0v) is 12.1. The van der Waals surface area contributed by atoms with Crippen LogP contribution >= 0.6 is 0 Å². The van der Waals surface area contributed by atoms with E-state index in [0.29, 0.717) is 12.1 Å². The minimum absolute atomic E-state index is 0.161. The Kier molecular flexibility index (Phi) is 3.96. The summed E-state index contributed by atoms with van der Waals surface area (Å²) in [5.41, 5.74) is 1.74. The zero-order valence-electron chi connectivity index (χ0n) is 12.1. The first-order valence-corrected chi connectivity index (χ1v) is 6.89. The van der Waals surface area contributed by atoms with Gasteiger partial charge in [0.15, 0.2) is 0 Å². The van der Waals surface area contributed by atoms with E-state index in [9.17, 15) is 4.79 Å². The Morgan fingerprint density at radius 2 is 2.00 bits per heavy atom. The quantitative estimate of drug-likeness (QED) is 0.803. The summed E-state index contributed by atoms with van der Waals surface area (Å²) in [6, 6.07) is 15.2. The minimum atomic E-state index is -0.290. The molecule has 0 saturated heterocycles. The maximum Gasteiger partial charge on any atom is 0.289 e. The molecule has 3 rings (SSSR count). The topological polar surface area (TPSA) is 64.1 Å². The Balaban J connectivity index is 1.76. The van der Waals surface area contributed by atoms with Crippen LogP contribution in [0.5, 0.6) is 5.75 Å². The summed E-state index contributed by atoms with van der Waals surface area (Å²) in [4.78, 5) is 20.5. The number of hydrogen-bond acceptors (Lipinski definition) is 4. The average Bonchev–Trinajstić information content (AvgIpc) is 2.59. The van der Waals surface area contributed by atoms with Gasteiger partial charge in [0.25, 0.3) is 5.91 Å². The summed E-state index contributed by atoms with van der Waals surface area (Å²) < 4.78 is 5.15. The molecule has 0 bridgehead atoms. The summed E-state index contributed by atoms with van der Waals surface area (Å²) in [5, 5.41) is 3.65. The Hall–Kier alpha value is -2.95. The first-order valence-electron chi connectivity index (χ1n) is 6.89. The van der Waals surface area contributed by atoms with Gasteiger partial charge in [0.1, 0.15) is 5.75 Å². The zero-order chi connectivity index (χ0) is 15.4. The Morgan fingerprint density at radius 1 is 1.18 bits per heavy atom. The summed E-state index contributed by atoms with van der Waals surface area (Å²) >= 11 is 0. The number of carbonyl (C=O) groups excluding carboxylic acids is 1. The normalized spacial score (nSPS) is 10.4. The maximum atomic E-state index is 12.1. The van der Waals surface area contributed by atoms with Crippen molar-refractivity contribution in [3.8, 4) is 5.75 Å². The van der Waals surface area contributed by atoms with Crippen molar-refractivity contribution in [3.05, 3.63) is 66.1 Å². The molecule has 22 heavy (non-hydrogen) atoms. The molecule has 0 unspecified atom stereocenters. The van der Waals surface area contributed by atoms with Gasteiger partial charge in [-0.25, -0.2) is 9.97 Å². The molecule has 0 aliphatic heterocycles. The molecule has 0 aliphatic carbocycles. The van der Waals surface area contributed by atoms with E-state index in [-0.39, 0.29) is 11.7 Å². The number of ether oxygens (including phenoxy) is 1. The molecule has 0 aliphatic rings. The van der Waals surface area contributed by atoms with Gasteiger partial charge in [-0.15, -0.1) is 0 Å². The van der Waals surface area contributed by atoms with Crippen molar-refractivity contribution in [2.45, 2.75) is 6.54 Å². The number of benzene rings is 2. The van der Waals surface area contributed by atoms with Crippen molar-refractivity contribution in [2.75, 3.05) is 7.11 Å². The molecule has 110 valence electrons. The van der Waals surface area contributed by atoms with Gasteiger partial charge in [0, 0.05) is 18.1 Å². The number of hydrogen-bond donors (Lipinski definition) is 1. The van der Waals surface area contributed by atoms with E-state index >= 15 is 0 Å². The standard InChI is InChI=1S/C17H15N3O2/c1-22-14-7-8-15-13(9-14)11-18-16(20-15)17(21)19-10-12-5-3-2-4-6-12/h2-9,11H,10H2,1H3,(H,19,21). The van der Waals surface area contributed by atoms with Crippen LogP contribution in [0.15, 0.2) is 54.7 Å². The molecule has 5 heteroatoms. The third-order valence-corrected chi connectivity index (χ3v) is 3.29. The van der Waals surface area contributed by atoms with Crippen LogP contribution < -0.4 is 10.1 Å². The Morgan fingerprint density at radius 3 is 2.77 bits per heavy atom. The van der Waals surface area contributed by atoms with E-state index in [2.05, 4.69) is 15.3 Å². The smallest absolute Gasteiger partial charge is 0.289 e. The maximum absolute atomic E-state index is 12.1. The molecular weight excluding hydrogens is 278 g/mol. The van der Waals surface area contributed by atoms with Gasteiger partial charge >= 0.3 is 0 Å². The highest BCUT2D eigenvalue weighted by molar-refractivity contribution is 5.92. The molecule has 0 saturated carbocycles. The van der Waals surface area contributed by atoms with Crippen LogP contribution in [-0.2, 0) is 6.54 Å². The van der Waals surface area contributed by atoms with Gasteiger partial charge in [-0.05, 0) is 23.8 Å². The lowest BCUT2D eigenvalue weighted by molar-refractivity contribution is 0.0941. The van der Waals surface area contributed by atoms with Crippen LogP contribution in [-0.4, -0.2) is 23.0 Å². The molecule has 0 atom stereocenters. The van der Waals surface area contributed by atoms with Crippen molar-refractivity contribution in [1.82, 2.24) is 15.3 Å². The van der Waals surface area contributed by atoms with E-state index in [4.69, 9.17) is 4.74 Å². The number of aromatic nitrogens is 2. The number of rotatable bonds is 4. The molecule has 1 amide bonds. The summed E-state index contributed by atoms with van der Waals surface area (Å²) in [7, 11) is 1.60. The third kappa shape index (κ3) is 3.03. The molecule has 3 aromatic rings. The fourth-order valence-electron chi connectivity index (χ4n) is 2.11. The van der Waals surface area contributed by atoms with Crippen LogP contribution in [0.1, 0.15) is 16.2 Å². The predicted molar refractivity (Wildman–Crippen MR) is 83.7 cm³/mol. The molecule has 0 spiro atoms. The first-order chi connectivity index (χ1) is 10.8. The van der Waals surface area contributed by atoms with Crippen LogP contribution in [0, 0.1) is 0 Å². The van der Waals surface area contributed by atoms with Crippen LogP contribution in [0.25, 0.3) is 10.9 Å². The molecular formula is C17H15N3O2. The van der Waals surface area contributed by atoms with E-state index < -0.39 is 0 Å². The fraction of sp³-hybridized carbons (Fsp3) is 0.118. The SMILES string of the molecule is COc1ccc2nc(C(=O)NCc3ccccc3)ncc2c1. The number of nitrogens with one attached hydrogen (secondary N) is 1. The first kappa shape index (κ1) is 14.0. The minimum Gasteiger partial charge on any atom is -0.497 e. The van der Waals surface area contributed by atoms with Gasteiger partial charge < -0.3 is 10.1 Å². The molecule has 1 aromatic heterocycles. The van der Waals surface area contributed by atoms with Gasteiger partial charge in [-0.1, -0.05) is 30.3 Å². The second-order valence-electron chi connectivity index (χ2n) is 4.79. The third-order valence-electron chi connectivity index (χ3n) is 3.29. The largest absolute Gasteiger partial charge is 0.497 e. The molecule has 0 fully saturated rings. The van der Waals surface area contributed by atoms with Crippen molar-refractivity contribution in [1.29, 1.82) is 0 Å². The number of fused-ring (bicyclic) bond motifs is 1.